The lowest BCUT2D eigenvalue weighted by Crippen LogP contribution is -2.45. The number of nitrogens with one attached hydrogen (secondary N) is 3. The molecule has 30 heavy (non-hydrogen) atoms. The number of hydrogen-bond acceptors (Lipinski definition) is 5. The number of hydrogen-bond donors (Lipinski definition) is 3. The summed E-state index contributed by atoms with van der Waals surface area (Å²) in [5.74, 6) is 2.65. The highest BCUT2D eigenvalue weighted by Crippen LogP contribution is 2.19. The molecule has 8 nitrogen and oxygen atoms in total. The lowest BCUT2D eigenvalue weighted by atomic mass is 10.2. The molecule has 2 aromatic carbocycles. The molecule has 0 radical (unpaired) electrons. The van der Waals surface area contributed by atoms with E-state index in [4.69, 9.17) is 14.2 Å². The Balaban J connectivity index is 1.69. The molecule has 0 spiro atoms. The van der Waals surface area contributed by atoms with Gasteiger partial charge in [0.2, 0.25) is 5.91 Å². The summed E-state index contributed by atoms with van der Waals surface area (Å²) in [6, 6.07) is 15.0. The number of rotatable bonds is 10. The lowest BCUT2D eigenvalue weighted by Gasteiger charge is -2.18. The zero-order valence-electron chi connectivity index (χ0n) is 17.9. The second-order valence-corrected chi connectivity index (χ2v) is 6.54. The van der Waals surface area contributed by atoms with Gasteiger partial charge in [0, 0.05) is 19.7 Å². The summed E-state index contributed by atoms with van der Waals surface area (Å²) >= 11 is 0. The van der Waals surface area contributed by atoms with Crippen LogP contribution in [-0.4, -0.2) is 52.3 Å². The number of guanidine groups is 1. The fraction of sp³-hybridized carbons (Fsp3) is 0.364. The van der Waals surface area contributed by atoms with Gasteiger partial charge in [-0.05, 0) is 36.8 Å². The van der Waals surface area contributed by atoms with Gasteiger partial charge in [-0.2, -0.15) is 0 Å². The van der Waals surface area contributed by atoms with Crippen molar-refractivity contribution in [2.75, 3.05) is 34.4 Å². The van der Waals surface area contributed by atoms with Crippen LogP contribution >= 0.6 is 0 Å². The number of nitrogens with zero attached hydrogens (tertiary/aromatic N) is 1. The third-order valence-corrected chi connectivity index (χ3v) is 4.22. The molecule has 1 atom stereocenters. The van der Waals surface area contributed by atoms with Gasteiger partial charge in [0.05, 0.1) is 27.3 Å². The van der Waals surface area contributed by atoms with Gasteiger partial charge in [0.25, 0.3) is 0 Å². The first-order valence-corrected chi connectivity index (χ1v) is 9.69. The summed E-state index contributed by atoms with van der Waals surface area (Å²) in [5.41, 5.74) is 0.996. The van der Waals surface area contributed by atoms with Crippen molar-refractivity contribution in [3.05, 3.63) is 54.1 Å². The van der Waals surface area contributed by atoms with E-state index in [1.165, 1.54) is 0 Å². The quantitative estimate of drug-likeness (QED) is 0.407. The predicted octanol–water partition coefficient (Wildman–Crippen LogP) is 1.95. The van der Waals surface area contributed by atoms with E-state index in [0.717, 1.165) is 22.8 Å². The van der Waals surface area contributed by atoms with Crippen molar-refractivity contribution in [2.45, 2.75) is 19.6 Å². The minimum atomic E-state index is -0.130. The van der Waals surface area contributed by atoms with E-state index in [1.807, 2.05) is 55.5 Å². The summed E-state index contributed by atoms with van der Waals surface area (Å²) in [7, 11) is 4.89. The van der Waals surface area contributed by atoms with Crippen molar-refractivity contribution < 1.29 is 19.0 Å². The molecular formula is C22H30N4O4. The predicted molar refractivity (Wildman–Crippen MR) is 117 cm³/mol. The molecule has 0 fully saturated rings. The standard InChI is InChI=1S/C22H30N4O4/c1-16(30-20-7-5-6-19(12-20)29-4)13-25-22(23-2)26-15-21(27)24-14-17-8-10-18(28-3)11-9-17/h5-12,16H,13-15H2,1-4H3,(H,24,27)(H2,23,25,26). The summed E-state index contributed by atoms with van der Waals surface area (Å²) in [5, 5.41) is 9.00. The number of methoxy groups -OCH3 is 2. The summed E-state index contributed by atoms with van der Waals surface area (Å²) in [6.45, 7) is 3.02. The molecule has 2 aromatic rings. The van der Waals surface area contributed by atoms with E-state index in [1.54, 1.807) is 21.3 Å². The molecule has 0 heterocycles. The highest BCUT2D eigenvalue weighted by molar-refractivity contribution is 5.86. The summed E-state index contributed by atoms with van der Waals surface area (Å²) in [4.78, 5) is 16.2. The van der Waals surface area contributed by atoms with Crippen LogP contribution in [0.4, 0.5) is 0 Å². The van der Waals surface area contributed by atoms with E-state index >= 15 is 0 Å². The Morgan fingerprint density at radius 2 is 1.67 bits per heavy atom. The van der Waals surface area contributed by atoms with Crippen molar-refractivity contribution in [2.24, 2.45) is 4.99 Å². The molecule has 0 aliphatic carbocycles. The maximum atomic E-state index is 12.1. The molecule has 0 saturated carbocycles. The average Bonchev–Trinajstić information content (AvgIpc) is 2.78. The molecule has 0 aliphatic heterocycles. The number of amides is 1. The SMILES string of the molecule is CN=C(NCC(=O)NCc1ccc(OC)cc1)NCC(C)Oc1cccc(OC)c1. The zero-order valence-corrected chi connectivity index (χ0v) is 17.9. The largest absolute Gasteiger partial charge is 0.497 e. The first-order chi connectivity index (χ1) is 14.5. The third kappa shape index (κ3) is 7.90. The van der Waals surface area contributed by atoms with Crippen LogP contribution in [0.2, 0.25) is 0 Å². The van der Waals surface area contributed by atoms with Crippen LogP contribution < -0.4 is 30.2 Å². The van der Waals surface area contributed by atoms with Crippen molar-refractivity contribution >= 4 is 11.9 Å². The maximum absolute atomic E-state index is 12.1. The molecule has 162 valence electrons. The van der Waals surface area contributed by atoms with Gasteiger partial charge < -0.3 is 30.2 Å². The molecular weight excluding hydrogens is 384 g/mol. The third-order valence-electron chi connectivity index (χ3n) is 4.22. The molecule has 2 rings (SSSR count). The van der Waals surface area contributed by atoms with Gasteiger partial charge in [-0.3, -0.25) is 9.79 Å². The highest BCUT2D eigenvalue weighted by atomic mass is 16.5. The number of benzene rings is 2. The van der Waals surface area contributed by atoms with E-state index in [2.05, 4.69) is 20.9 Å². The second kappa shape index (κ2) is 12.2. The van der Waals surface area contributed by atoms with Crippen LogP contribution in [0, 0.1) is 0 Å². The lowest BCUT2D eigenvalue weighted by molar-refractivity contribution is -0.120. The van der Waals surface area contributed by atoms with E-state index in [9.17, 15) is 4.79 Å². The van der Waals surface area contributed by atoms with Gasteiger partial charge in [0.15, 0.2) is 5.96 Å². The molecule has 3 N–H and O–H groups in total. The molecule has 1 unspecified atom stereocenters. The van der Waals surface area contributed by atoms with Crippen LogP contribution in [0.5, 0.6) is 17.2 Å². The molecule has 8 heteroatoms. The first kappa shape index (κ1) is 22.9. The fourth-order valence-corrected chi connectivity index (χ4v) is 2.58. The van der Waals surface area contributed by atoms with Crippen LogP contribution in [0.25, 0.3) is 0 Å². The van der Waals surface area contributed by atoms with Gasteiger partial charge >= 0.3 is 0 Å². The van der Waals surface area contributed by atoms with Gasteiger partial charge in [-0.1, -0.05) is 18.2 Å². The zero-order chi connectivity index (χ0) is 21.8. The van der Waals surface area contributed by atoms with Gasteiger partial charge in [0.1, 0.15) is 23.4 Å². The highest BCUT2D eigenvalue weighted by Gasteiger charge is 2.08. The smallest absolute Gasteiger partial charge is 0.239 e. The minimum absolute atomic E-state index is 0.112. The Morgan fingerprint density at radius 3 is 2.33 bits per heavy atom. The van der Waals surface area contributed by atoms with E-state index in [0.29, 0.717) is 19.0 Å². The van der Waals surface area contributed by atoms with Crippen molar-refractivity contribution in [3.8, 4) is 17.2 Å². The first-order valence-electron chi connectivity index (χ1n) is 9.69. The number of ether oxygens (including phenoxy) is 3. The Bertz CT molecular complexity index is 824. The monoisotopic (exact) mass is 414 g/mol. The summed E-state index contributed by atoms with van der Waals surface area (Å²) in [6.07, 6.45) is -0.112. The average molecular weight is 415 g/mol. The van der Waals surface area contributed by atoms with Gasteiger partial charge in [-0.25, -0.2) is 0 Å². The Kier molecular flexibility index (Phi) is 9.30. The number of carbonyl (C=O) groups is 1. The van der Waals surface area contributed by atoms with Crippen LogP contribution in [0.15, 0.2) is 53.5 Å². The second-order valence-electron chi connectivity index (χ2n) is 6.54. The van der Waals surface area contributed by atoms with Gasteiger partial charge in [-0.15, -0.1) is 0 Å². The maximum Gasteiger partial charge on any atom is 0.239 e. The summed E-state index contributed by atoms with van der Waals surface area (Å²) < 4.78 is 16.2. The number of carbonyl (C=O) groups excluding carboxylic acids is 1. The van der Waals surface area contributed by atoms with Crippen molar-refractivity contribution in [3.63, 3.8) is 0 Å². The van der Waals surface area contributed by atoms with Crippen LogP contribution in [0.3, 0.4) is 0 Å². The fourth-order valence-electron chi connectivity index (χ4n) is 2.58. The Labute approximate surface area is 177 Å². The molecule has 0 aliphatic rings. The molecule has 0 bridgehead atoms. The minimum Gasteiger partial charge on any atom is -0.497 e. The molecule has 0 saturated heterocycles. The Morgan fingerprint density at radius 1 is 0.967 bits per heavy atom. The molecule has 1 amide bonds. The Hall–Kier alpha value is -3.42. The topological polar surface area (TPSA) is 93.2 Å². The van der Waals surface area contributed by atoms with E-state index < -0.39 is 0 Å². The van der Waals surface area contributed by atoms with E-state index in [-0.39, 0.29) is 18.6 Å². The van der Waals surface area contributed by atoms with Crippen molar-refractivity contribution in [1.29, 1.82) is 0 Å². The number of aliphatic imine (C=N–C) groups is 1. The normalized spacial score (nSPS) is 11.9. The van der Waals surface area contributed by atoms with Crippen molar-refractivity contribution in [1.82, 2.24) is 16.0 Å². The van der Waals surface area contributed by atoms with Crippen LogP contribution in [-0.2, 0) is 11.3 Å². The van der Waals surface area contributed by atoms with Crippen LogP contribution in [0.1, 0.15) is 12.5 Å². The molecule has 0 aromatic heterocycles.